The third-order valence-electron chi connectivity index (χ3n) is 4.10. The van der Waals surface area contributed by atoms with Gasteiger partial charge in [-0.3, -0.25) is 9.59 Å². The van der Waals surface area contributed by atoms with E-state index in [1.807, 2.05) is 0 Å². The molecule has 11 nitrogen and oxygen atoms in total. The van der Waals surface area contributed by atoms with Crippen molar-refractivity contribution in [1.82, 2.24) is 15.4 Å². The molecule has 0 aliphatic heterocycles. The standard InChI is InChI=1S/C18H23Cl2N3O8S/c1-8(15(24)21-9(2)17(26)30-4)23-32(28,29)14-6-11(12(19)7-13(14)20)16(25)22-10(3)18(27)31-5/h6-10,23H,1-5H3,(H,21,24)(H,22,25). The number of halogens is 2. The van der Waals surface area contributed by atoms with E-state index in [0.717, 1.165) is 26.4 Å². The average Bonchev–Trinajstić information content (AvgIpc) is 2.71. The Labute approximate surface area is 195 Å². The Balaban J connectivity index is 3.14. The monoisotopic (exact) mass is 511 g/mol. The summed E-state index contributed by atoms with van der Waals surface area (Å²) in [6, 6.07) is -1.40. The summed E-state index contributed by atoms with van der Waals surface area (Å²) in [5, 5.41) is 4.14. The molecule has 0 bridgehead atoms. The molecule has 0 saturated carbocycles. The smallest absolute Gasteiger partial charge is 0.328 e. The van der Waals surface area contributed by atoms with E-state index in [-0.39, 0.29) is 15.6 Å². The number of ether oxygens (including phenoxy) is 2. The number of benzene rings is 1. The first-order valence-corrected chi connectivity index (χ1v) is 11.3. The summed E-state index contributed by atoms with van der Waals surface area (Å²) in [5.74, 6) is -3.09. The van der Waals surface area contributed by atoms with Gasteiger partial charge >= 0.3 is 11.9 Å². The summed E-state index contributed by atoms with van der Waals surface area (Å²) in [6.45, 7) is 3.97. The van der Waals surface area contributed by atoms with Gasteiger partial charge in [-0.25, -0.2) is 18.0 Å². The second kappa shape index (κ2) is 11.5. The van der Waals surface area contributed by atoms with Crippen molar-refractivity contribution >= 4 is 57.0 Å². The van der Waals surface area contributed by atoms with Gasteiger partial charge in [0.2, 0.25) is 15.9 Å². The lowest BCUT2D eigenvalue weighted by atomic mass is 10.2. The zero-order chi connectivity index (χ0) is 24.8. The molecule has 0 radical (unpaired) electrons. The second-order valence-corrected chi connectivity index (χ2v) is 9.07. The third-order valence-corrected chi connectivity index (χ3v) is 6.41. The molecule has 0 fully saturated rings. The molecular weight excluding hydrogens is 489 g/mol. The fourth-order valence-electron chi connectivity index (χ4n) is 2.34. The Kier molecular flexibility index (Phi) is 9.89. The highest BCUT2D eigenvalue weighted by molar-refractivity contribution is 7.89. The van der Waals surface area contributed by atoms with E-state index in [9.17, 15) is 27.6 Å². The molecule has 1 rings (SSSR count). The van der Waals surface area contributed by atoms with Gasteiger partial charge in [-0.15, -0.1) is 0 Å². The molecule has 0 aromatic heterocycles. The van der Waals surface area contributed by atoms with Gasteiger partial charge in [-0.1, -0.05) is 23.2 Å². The molecule has 14 heteroatoms. The average molecular weight is 512 g/mol. The van der Waals surface area contributed by atoms with Gasteiger partial charge in [0.1, 0.15) is 17.0 Å². The minimum Gasteiger partial charge on any atom is -0.467 e. The maximum atomic E-state index is 12.8. The lowest BCUT2D eigenvalue weighted by Gasteiger charge is -2.18. The van der Waals surface area contributed by atoms with E-state index in [1.54, 1.807) is 0 Å². The van der Waals surface area contributed by atoms with Crippen molar-refractivity contribution in [2.75, 3.05) is 14.2 Å². The number of hydrogen-bond donors (Lipinski definition) is 3. The zero-order valence-electron chi connectivity index (χ0n) is 17.8. The fraction of sp³-hybridized carbons (Fsp3) is 0.444. The molecule has 0 aliphatic carbocycles. The highest BCUT2D eigenvalue weighted by Crippen LogP contribution is 2.29. The van der Waals surface area contributed by atoms with Crippen LogP contribution >= 0.6 is 23.2 Å². The normalized spacial score (nSPS) is 14.0. The van der Waals surface area contributed by atoms with Gasteiger partial charge in [0.15, 0.2) is 0 Å². The molecule has 0 heterocycles. The summed E-state index contributed by atoms with van der Waals surface area (Å²) in [4.78, 5) is 47.1. The van der Waals surface area contributed by atoms with E-state index in [2.05, 4.69) is 24.8 Å². The Morgan fingerprint density at radius 1 is 0.844 bits per heavy atom. The van der Waals surface area contributed by atoms with Crippen molar-refractivity contribution in [3.8, 4) is 0 Å². The number of rotatable bonds is 9. The molecule has 178 valence electrons. The van der Waals surface area contributed by atoms with Crippen molar-refractivity contribution in [3.05, 3.63) is 27.7 Å². The lowest BCUT2D eigenvalue weighted by molar-refractivity contribution is -0.144. The predicted octanol–water partition coefficient (Wildman–Crippen LogP) is 0.629. The molecule has 2 amide bonds. The van der Waals surface area contributed by atoms with Gasteiger partial charge in [0, 0.05) is 0 Å². The first kappa shape index (κ1) is 27.6. The number of carbonyl (C=O) groups is 4. The van der Waals surface area contributed by atoms with Crippen molar-refractivity contribution in [3.63, 3.8) is 0 Å². The number of amides is 2. The molecule has 0 spiro atoms. The van der Waals surface area contributed by atoms with Crippen LogP contribution in [0.1, 0.15) is 31.1 Å². The number of methoxy groups -OCH3 is 2. The summed E-state index contributed by atoms with van der Waals surface area (Å²) in [7, 11) is -2.13. The maximum Gasteiger partial charge on any atom is 0.328 e. The lowest BCUT2D eigenvalue weighted by Crippen LogP contribution is -2.49. The predicted molar refractivity (Wildman–Crippen MR) is 115 cm³/mol. The molecule has 32 heavy (non-hydrogen) atoms. The van der Waals surface area contributed by atoms with E-state index in [0.29, 0.717) is 0 Å². The van der Waals surface area contributed by atoms with Crippen LogP contribution in [0.4, 0.5) is 0 Å². The van der Waals surface area contributed by atoms with Crippen molar-refractivity contribution in [2.24, 2.45) is 0 Å². The zero-order valence-corrected chi connectivity index (χ0v) is 20.1. The van der Waals surface area contributed by atoms with Crippen molar-refractivity contribution in [2.45, 2.75) is 43.8 Å². The van der Waals surface area contributed by atoms with Gasteiger partial charge < -0.3 is 20.1 Å². The van der Waals surface area contributed by atoms with Crippen LogP contribution in [0.25, 0.3) is 0 Å². The number of sulfonamides is 1. The quantitative estimate of drug-likeness (QED) is 0.407. The Morgan fingerprint density at radius 2 is 1.34 bits per heavy atom. The SMILES string of the molecule is COC(=O)C(C)NC(=O)c1cc(S(=O)(=O)NC(C)C(=O)NC(C)C(=O)OC)c(Cl)cc1Cl. The molecule has 1 aromatic carbocycles. The fourth-order valence-corrected chi connectivity index (χ4v) is 4.40. The topological polar surface area (TPSA) is 157 Å². The highest BCUT2D eigenvalue weighted by Gasteiger charge is 2.28. The van der Waals surface area contributed by atoms with Crippen molar-refractivity contribution in [1.29, 1.82) is 0 Å². The van der Waals surface area contributed by atoms with Crippen LogP contribution < -0.4 is 15.4 Å². The Bertz CT molecular complexity index is 1020. The molecule has 3 unspecified atom stereocenters. The number of hydrogen-bond acceptors (Lipinski definition) is 8. The molecule has 0 aliphatic rings. The van der Waals surface area contributed by atoms with Crippen LogP contribution in [0.3, 0.4) is 0 Å². The van der Waals surface area contributed by atoms with Crippen LogP contribution in [-0.2, 0) is 33.9 Å². The highest BCUT2D eigenvalue weighted by atomic mass is 35.5. The van der Waals surface area contributed by atoms with Gasteiger partial charge in [-0.2, -0.15) is 4.72 Å². The molecule has 3 atom stereocenters. The van der Waals surface area contributed by atoms with Crippen LogP contribution in [0.2, 0.25) is 10.0 Å². The Morgan fingerprint density at radius 3 is 1.84 bits per heavy atom. The summed E-state index contributed by atoms with van der Waals surface area (Å²) >= 11 is 12.0. The van der Waals surface area contributed by atoms with Crippen LogP contribution in [0.5, 0.6) is 0 Å². The Hall–Kier alpha value is -2.41. The van der Waals surface area contributed by atoms with Gasteiger partial charge in [-0.05, 0) is 32.9 Å². The number of carbonyl (C=O) groups excluding carboxylic acids is 4. The van der Waals surface area contributed by atoms with E-state index in [1.165, 1.54) is 20.8 Å². The molecular formula is C18H23Cl2N3O8S. The number of esters is 2. The summed E-state index contributed by atoms with van der Waals surface area (Å²) in [5.41, 5.74) is -0.274. The van der Waals surface area contributed by atoms with Crippen LogP contribution in [0.15, 0.2) is 17.0 Å². The first-order valence-electron chi connectivity index (χ1n) is 9.03. The van der Waals surface area contributed by atoms with Gasteiger partial charge in [0.05, 0.1) is 35.9 Å². The molecule has 1 aromatic rings. The maximum absolute atomic E-state index is 12.8. The van der Waals surface area contributed by atoms with Gasteiger partial charge in [0.25, 0.3) is 5.91 Å². The summed E-state index contributed by atoms with van der Waals surface area (Å²) < 4.78 is 36.7. The second-order valence-electron chi connectivity index (χ2n) is 6.58. The molecule has 3 N–H and O–H groups in total. The third kappa shape index (κ3) is 7.05. The van der Waals surface area contributed by atoms with Crippen LogP contribution in [-0.4, -0.2) is 64.5 Å². The van der Waals surface area contributed by atoms with E-state index >= 15 is 0 Å². The minimum absolute atomic E-state index is 0.166. The largest absolute Gasteiger partial charge is 0.467 e. The number of nitrogens with one attached hydrogen (secondary N) is 3. The molecule has 0 saturated heterocycles. The van der Waals surface area contributed by atoms with E-state index < -0.39 is 56.8 Å². The van der Waals surface area contributed by atoms with Crippen LogP contribution in [0, 0.1) is 0 Å². The van der Waals surface area contributed by atoms with Crippen molar-refractivity contribution < 1.29 is 37.1 Å². The minimum atomic E-state index is -4.41. The van der Waals surface area contributed by atoms with E-state index in [4.69, 9.17) is 23.2 Å². The summed E-state index contributed by atoms with van der Waals surface area (Å²) in [6.07, 6.45) is 0. The first-order chi connectivity index (χ1) is 14.7.